The lowest BCUT2D eigenvalue weighted by Gasteiger charge is -2.25. The van der Waals surface area contributed by atoms with Gasteiger partial charge < -0.3 is 9.64 Å². The van der Waals surface area contributed by atoms with E-state index < -0.39 is 12.0 Å². The van der Waals surface area contributed by atoms with Crippen LogP contribution in [0, 0.1) is 0 Å². The number of hydrogen-bond donors (Lipinski definition) is 0. The summed E-state index contributed by atoms with van der Waals surface area (Å²) in [6.45, 7) is 2.48. The van der Waals surface area contributed by atoms with Crippen LogP contribution in [0.3, 0.4) is 0 Å². The van der Waals surface area contributed by atoms with Gasteiger partial charge in [0.25, 0.3) is 0 Å². The summed E-state index contributed by atoms with van der Waals surface area (Å²) in [6.07, 6.45) is -3.87. The average molecular weight is 361 g/mol. The molecule has 0 unspecified atom stereocenters. The summed E-state index contributed by atoms with van der Waals surface area (Å²) < 4.78 is 45.0. The molecule has 2 aromatic carbocycles. The first kappa shape index (κ1) is 18.0. The van der Waals surface area contributed by atoms with Gasteiger partial charge in [0, 0.05) is 17.6 Å². The van der Waals surface area contributed by atoms with E-state index in [1.54, 1.807) is 60.5 Å². The topological polar surface area (TPSA) is 38.2 Å². The summed E-state index contributed by atoms with van der Waals surface area (Å²) in [5.74, 6) is -0.218. The summed E-state index contributed by atoms with van der Waals surface area (Å²) in [4.78, 5) is 9.33. The Kier molecular flexibility index (Phi) is 4.97. The van der Waals surface area contributed by atoms with E-state index in [1.165, 1.54) is 0 Å². The number of hydrogen-bond acceptors (Lipinski definition) is 4. The minimum atomic E-state index is -4.61. The third-order valence-corrected chi connectivity index (χ3v) is 3.92. The zero-order valence-electron chi connectivity index (χ0n) is 14.4. The van der Waals surface area contributed by atoms with Gasteiger partial charge in [-0.1, -0.05) is 19.1 Å². The lowest BCUT2D eigenvalue weighted by molar-refractivity contribution is -0.144. The van der Waals surface area contributed by atoms with Crippen molar-refractivity contribution < 1.29 is 17.9 Å². The highest BCUT2D eigenvalue weighted by atomic mass is 19.4. The fraction of sp³-hybridized carbons (Fsp3) is 0.263. The van der Waals surface area contributed by atoms with Crippen LogP contribution in [0.1, 0.15) is 19.2 Å². The molecular formula is C19H18F3N3O. The van der Waals surface area contributed by atoms with E-state index in [4.69, 9.17) is 4.74 Å². The van der Waals surface area contributed by atoms with E-state index in [0.717, 1.165) is 12.1 Å². The largest absolute Gasteiger partial charge is 0.497 e. The molecule has 7 heteroatoms. The van der Waals surface area contributed by atoms with Crippen LogP contribution in [-0.2, 0) is 6.18 Å². The third-order valence-electron chi connectivity index (χ3n) is 3.92. The molecule has 0 radical (unpaired) electrons. The van der Waals surface area contributed by atoms with Crippen LogP contribution >= 0.6 is 0 Å². The van der Waals surface area contributed by atoms with Crippen LogP contribution in [0.15, 0.2) is 48.5 Å². The zero-order valence-corrected chi connectivity index (χ0v) is 14.4. The van der Waals surface area contributed by atoms with Crippen molar-refractivity contribution in [3.05, 3.63) is 54.4 Å². The van der Waals surface area contributed by atoms with Crippen LogP contribution < -0.4 is 9.64 Å². The number of methoxy groups -OCH3 is 1. The van der Waals surface area contributed by atoms with E-state index in [-0.39, 0.29) is 11.3 Å². The van der Waals surface area contributed by atoms with Gasteiger partial charge in [-0.15, -0.1) is 0 Å². The number of aromatic nitrogens is 2. The summed E-state index contributed by atoms with van der Waals surface area (Å²) >= 11 is 0. The van der Waals surface area contributed by atoms with Crippen molar-refractivity contribution in [3.63, 3.8) is 0 Å². The summed E-state index contributed by atoms with van der Waals surface area (Å²) in [7, 11) is 1.56. The number of fused-ring (bicyclic) bond motifs is 1. The number of rotatable bonds is 5. The van der Waals surface area contributed by atoms with Gasteiger partial charge in [-0.05, 0) is 42.8 Å². The van der Waals surface area contributed by atoms with E-state index in [9.17, 15) is 13.2 Å². The molecule has 0 aliphatic carbocycles. The van der Waals surface area contributed by atoms with Crippen LogP contribution in [0.25, 0.3) is 10.9 Å². The predicted octanol–water partition coefficient (Wildman–Crippen LogP) is 5.21. The molecule has 0 saturated carbocycles. The Bertz CT molecular complexity index is 895. The Morgan fingerprint density at radius 2 is 1.69 bits per heavy atom. The van der Waals surface area contributed by atoms with Gasteiger partial charge >= 0.3 is 6.18 Å². The quantitative estimate of drug-likeness (QED) is 0.626. The van der Waals surface area contributed by atoms with Crippen LogP contribution in [0.5, 0.6) is 5.75 Å². The Labute approximate surface area is 149 Å². The van der Waals surface area contributed by atoms with Crippen molar-refractivity contribution in [2.45, 2.75) is 19.5 Å². The molecule has 26 heavy (non-hydrogen) atoms. The molecular weight excluding hydrogens is 343 g/mol. The molecule has 3 rings (SSSR count). The monoisotopic (exact) mass is 361 g/mol. The second-order valence-corrected chi connectivity index (χ2v) is 5.74. The average Bonchev–Trinajstić information content (AvgIpc) is 2.65. The highest BCUT2D eigenvalue weighted by Gasteiger charge is 2.36. The molecule has 0 saturated heterocycles. The lowest BCUT2D eigenvalue weighted by Crippen LogP contribution is -2.22. The van der Waals surface area contributed by atoms with Gasteiger partial charge in [0.15, 0.2) is 0 Å². The van der Waals surface area contributed by atoms with E-state index in [2.05, 4.69) is 9.97 Å². The molecule has 0 atom stereocenters. The highest BCUT2D eigenvalue weighted by Crippen LogP contribution is 2.35. The summed E-state index contributed by atoms with van der Waals surface area (Å²) in [5.41, 5.74) is 1.00. The highest BCUT2D eigenvalue weighted by molar-refractivity contribution is 5.91. The van der Waals surface area contributed by atoms with Gasteiger partial charge in [0.1, 0.15) is 11.6 Å². The normalized spacial score (nSPS) is 11.6. The Hall–Kier alpha value is -2.83. The van der Waals surface area contributed by atoms with Gasteiger partial charge in [-0.2, -0.15) is 13.2 Å². The van der Waals surface area contributed by atoms with Crippen LogP contribution in [0.2, 0.25) is 0 Å². The number of alkyl halides is 3. The third kappa shape index (κ3) is 3.56. The van der Waals surface area contributed by atoms with Crippen molar-refractivity contribution in [2.75, 3.05) is 18.6 Å². The van der Waals surface area contributed by atoms with E-state index in [0.29, 0.717) is 17.7 Å². The number of ether oxygens (including phenoxy) is 1. The van der Waals surface area contributed by atoms with E-state index in [1.807, 2.05) is 6.92 Å². The molecule has 0 spiro atoms. The second-order valence-electron chi connectivity index (χ2n) is 5.74. The van der Waals surface area contributed by atoms with Gasteiger partial charge in [-0.25, -0.2) is 9.97 Å². The first-order valence-electron chi connectivity index (χ1n) is 8.19. The molecule has 136 valence electrons. The zero-order chi connectivity index (χ0) is 18.7. The molecule has 0 bridgehead atoms. The first-order valence-corrected chi connectivity index (χ1v) is 8.19. The van der Waals surface area contributed by atoms with Crippen molar-refractivity contribution >= 4 is 22.4 Å². The predicted molar refractivity (Wildman–Crippen MR) is 94.8 cm³/mol. The maximum Gasteiger partial charge on any atom is 0.451 e. The smallest absolute Gasteiger partial charge is 0.451 e. The molecule has 3 aromatic rings. The molecule has 0 aliphatic heterocycles. The first-order chi connectivity index (χ1) is 12.4. The van der Waals surface area contributed by atoms with Crippen molar-refractivity contribution in [2.24, 2.45) is 0 Å². The molecule has 0 fully saturated rings. The molecule has 0 N–H and O–H groups in total. The fourth-order valence-corrected chi connectivity index (χ4v) is 2.74. The fourth-order valence-electron chi connectivity index (χ4n) is 2.74. The lowest BCUT2D eigenvalue weighted by atomic mass is 10.2. The molecule has 0 amide bonds. The number of para-hydroxylation sites is 1. The number of anilines is 2. The summed E-state index contributed by atoms with van der Waals surface area (Å²) in [5, 5.41) is 0.574. The summed E-state index contributed by atoms with van der Waals surface area (Å²) in [6, 6.07) is 13.9. The second kappa shape index (κ2) is 7.19. The Morgan fingerprint density at radius 3 is 2.31 bits per heavy atom. The Balaban J connectivity index is 2.20. The number of halogens is 3. The maximum atomic E-state index is 13.3. The molecule has 1 heterocycles. The SMILES string of the molecule is CCCN(c1ccc(OC)cc1)c1nc(C(F)(F)F)nc2ccccc12. The molecule has 0 aliphatic rings. The minimum Gasteiger partial charge on any atom is -0.497 e. The van der Waals surface area contributed by atoms with Crippen molar-refractivity contribution in [1.29, 1.82) is 0 Å². The Morgan fingerprint density at radius 1 is 1.00 bits per heavy atom. The standard InChI is InChI=1S/C19H18F3N3O/c1-3-12-25(13-8-10-14(26-2)11-9-13)17-15-6-4-5-7-16(15)23-18(24-17)19(20,21)22/h4-11H,3,12H2,1-2H3. The molecule has 4 nitrogen and oxygen atoms in total. The van der Waals surface area contributed by atoms with Crippen molar-refractivity contribution in [1.82, 2.24) is 9.97 Å². The minimum absolute atomic E-state index is 0.245. The number of benzene rings is 2. The van der Waals surface area contributed by atoms with Gasteiger partial charge in [0.2, 0.25) is 5.82 Å². The van der Waals surface area contributed by atoms with Crippen LogP contribution in [-0.4, -0.2) is 23.6 Å². The van der Waals surface area contributed by atoms with E-state index >= 15 is 0 Å². The number of nitrogens with zero attached hydrogens (tertiary/aromatic N) is 3. The van der Waals surface area contributed by atoms with Crippen molar-refractivity contribution in [3.8, 4) is 5.75 Å². The van der Waals surface area contributed by atoms with Gasteiger partial charge in [0.05, 0.1) is 12.6 Å². The maximum absolute atomic E-state index is 13.3. The van der Waals surface area contributed by atoms with Gasteiger partial charge in [-0.3, -0.25) is 0 Å². The van der Waals surface area contributed by atoms with Crippen LogP contribution in [0.4, 0.5) is 24.7 Å². The molecule has 1 aromatic heterocycles.